The molecule has 2 aromatic rings. The summed E-state index contributed by atoms with van der Waals surface area (Å²) in [5, 5.41) is 0. The average Bonchev–Trinajstić information content (AvgIpc) is 2.95. The number of ether oxygens (including phenoxy) is 2. The summed E-state index contributed by atoms with van der Waals surface area (Å²) in [5.41, 5.74) is 0.647. The Morgan fingerprint density at radius 3 is 2.68 bits per heavy atom. The number of fused-ring (bicyclic) bond motifs is 1. The van der Waals surface area contributed by atoms with Gasteiger partial charge in [-0.2, -0.15) is 0 Å². The van der Waals surface area contributed by atoms with Crippen LogP contribution in [0.2, 0.25) is 0 Å². The number of aryl methyl sites for hydroxylation is 1. The molecule has 0 atom stereocenters. The summed E-state index contributed by atoms with van der Waals surface area (Å²) in [7, 11) is 0. The van der Waals surface area contributed by atoms with Crippen molar-refractivity contribution in [2.45, 2.75) is 13.3 Å². The molecule has 0 spiro atoms. The van der Waals surface area contributed by atoms with Gasteiger partial charge in [-0.15, -0.1) is 11.3 Å². The van der Waals surface area contributed by atoms with Crippen molar-refractivity contribution in [3.05, 3.63) is 45.6 Å². The summed E-state index contributed by atoms with van der Waals surface area (Å²) in [5.74, 6) is 1.41. The normalized spacial score (nSPS) is 13.3. The number of carbonyl (C=O) groups is 1. The number of hydrogen-bond acceptors (Lipinski definition) is 4. The summed E-state index contributed by atoms with van der Waals surface area (Å²) in [6, 6.07) is 9.26. The van der Waals surface area contributed by atoms with E-state index in [9.17, 15) is 4.79 Å². The van der Waals surface area contributed by atoms with Crippen LogP contribution >= 0.6 is 11.3 Å². The highest BCUT2D eigenvalue weighted by Gasteiger charge is 2.17. The van der Waals surface area contributed by atoms with Gasteiger partial charge < -0.3 is 9.47 Å². The number of carbonyl (C=O) groups excluding carboxylic acids is 1. The zero-order chi connectivity index (χ0) is 13.2. The molecule has 1 aromatic heterocycles. The predicted molar refractivity (Wildman–Crippen MR) is 74.6 cm³/mol. The van der Waals surface area contributed by atoms with Crippen LogP contribution in [0.15, 0.2) is 30.3 Å². The molecule has 19 heavy (non-hydrogen) atoms. The van der Waals surface area contributed by atoms with Gasteiger partial charge in [0.05, 0.1) is 4.88 Å². The predicted octanol–water partition coefficient (Wildman–Crippen LogP) is 3.31. The van der Waals surface area contributed by atoms with Crippen molar-refractivity contribution in [1.29, 1.82) is 0 Å². The van der Waals surface area contributed by atoms with E-state index >= 15 is 0 Å². The Hall–Kier alpha value is -1.81. The van der Waals surface area contributed by atoms with Gasteiger partial charge in [0, 0.05) is 10.4 Å². The van der Waals surface area contributed by atoms with E-state index < -0.39 is 0 Å². The van der Waals surface area contributed by atoms with Gasteiger partial charge in [0.25, 0.3) is 0 Å². The molecule has 0 saturated carbocycles. The van der Waals surface area contributed by atoms with Crippen molar-refractivity contribution in [2.24, 2.45) is 0 Å². The number of ketones is 1. The SMILES string of the molecule is CCc1ccc(C(=O)c2ccc3c(c2)OCCO3)s1. The summed E-state index contributed by atoms with van der Waals surface area (Å²) < 4.78 is 11.0. The maximum Gasteiger partial charge on any atom is 0.203 e. The molecule has 1 aliphatic rings. The highest BCUT2D eigenvalue weighted by atomic mass is 32.1. The molecule has 0 N–H and O–H groups in total. The monoisotopic (exact) mass is 274 g/mol. The van der Waals surface area contributed by atoms with Crippen molar-refractivity contribution in [2.75, 3.05) is 13.2 Å². The third kappa shape index (κ3) is 2.36. The van der Waals surface area contributed by atoms with Gasteiger partial charge in [-0.25, -0.2) is 0 Å². The molecule has 4 heteroatoms. The topological polar surface area (TPSA) is 35.5 Å². The smallest absolute Gasteiger partial charge is 0.203 e. The molecule has 3 rings (SSSR count). The Bertz CT molecular complexity index is 616. The number of hydrogen-bond donors (Lipinski definition) is 0. The fraction of sp³-hybridized carbons (Fsp3) is 0.267. The molecule has 1 aliphatic heterocycles. The van der Waals surface area contributed by atoms with Gasteiger partial charge in [0.15, 0.2) is 11.5 Å². The molecule has 0 bridgehead atoms. The third-order valence-electron chi connectivity index (χ3n) is 3.04. The van der Waals surface area contributed by atoms with E-state index in [1.165, 1.54) is 4.88 Å². The largest absolute Gasteiger partial charge is 0.486 e. The lowest BCUT2D eigenvalue weighted by Gasteiger charge is -2.18. The minimum Gasteiger partial charge on any atom is -0.486 e. The van der Waals surface area contributed by atoms with Crippen LogP contribution in [0.1, 0.15) is 27.0 Å². The van der Waals surface area contributed by atoms with Crippen LogP contribution in [0.3, 0.4) is 0 Å². The first kappa shape index (κ1) is 12.2. The maximum absolute atomic E-state index is 12.4. The zero-order valence-corrected chi connectivity index (χ0v) is 11.5. The first-order valence-electron chi connectivity index (χ1n) is 6.31. The Kier molecular flexibility index (Phi) is 3.25. The highest BCUT2D eigenvalue weighted by Crippen LogP contribution is 2.32. The van der Waals surface area contributed by atoms with E-state index in [4.69, 9.17) is 9.47 Å². The maximum atomic E-state index is 12.4. The quantitative estimate of drug-likeness (QED) is 0.805. The Morgan fingerprint density at radius 1 is 1.16 bits per heavy atom. The minimum absolute atomic E-state index is 0.0432. The molecule has 3 nitrogen and oxygen atoms in total. The molecular formula is C15H14O3S. The number of rotatable bonds is 3. The molecule has 0 saturated heterocycles. The first-order chi connectivity index (χ1) is 9.28. The van der Waals surface area contributed by atoms with Crippen LogP contribution in [0, 0.1) is 0 Å². The summed E-state index contributed by atoms with van der Waals surface area (Å²) in [6.07, 6.45) is 0.957. The second kappa shape index (κ2) is 5.05. The minimum atomic E-state index is 0.0432. The van der Waals surface area contributed by atoms with Gasteiger partial charge in [0.1, 0.15) is 13.2 Å². The van der Waals surface area contributed by atoms with Crippen LogP contribution in [0.4, 0.5) is 0 Å². The first-order valence-corrected chi connectivity index (χ1v) is 7.12. The van der Waals surface area contributed by atoms with E-state index in [0.29, 0.717) is 30.3 Å². The standard InChI is InChI=1S/C15H14O3S/c1-2-11-4-6-14(19-11)15(16)10-3-5-12-13(9-10)18-8-7-17-12/h3-6,9H,2,7-8H2,1H3. The van der Waals surface area contributed by atoms with Gasteiger partial charge in [-0.05, 0) is 36.8 Å². The van der Waals surface area contributed by atoms with Crippen molar-refractivity contribution >= 4 is 17.1 Å². The molecule has 0 radical (unpaired) electrons. The summed E-state index contributed by atoms with van der Waals surface area (Å²) in [4.78, 5) is 14.4. The van der Waals surface area contributed by atoms with E-state index in [1.54, 1.807) is 29.5 Å². The molecule has 0 unspecified atom stereocenters. The van der Waals surface area contributed by atoms with Gasteiger partial charge in [-0.3, -0.25) is 4.79 Å². The Balaban J connectivity index is 1.91. The van der Waals surface area contributed by atoms with E-state index in [0.717, 1.165) is 11.3 Å². The second-order valence-corrected chi connectivity index (χ2v) is 5.48. The Labute approximate surface area is 115 Å². The van der Waals surface area contributed by atoms with E-state index in [2.05, 4.69) is 6.92 Å². The second-order valence-electron chi connectivity index (χ2n) is 4.31. The highest BCUT2D eigenvalue weighted by molar-refractivity contribution is 7.14. The van der Waals surface area contributed by atoms with Crippen LogP contribution in [0.25, 0.3) is 0 Å². The lowest BCUT2D eigenvalue weighted by Crippen LogP contribution is -2.15. The lowest BCUT2D eigenvalue weighted by molar-refractivity contribution is 0.104. The number of benzene rings is 1. The zero-order valence-electron chi connectivity index (χ0n) is 10.6. The molecule has 0 amide bonds. The lowest BCUT2D eigenvalue weighted by atomic mass is 10.1. The Morgan fingerprint density at radius 2 is 1.95 bits per heavy atom. The molecule has 0 fully saturated rings. The summed E-state index contributed by atoms with van der Waals surface area (Å²) >= 11 is 1.55. The molecule has 0 aliphatic carbocycles. The van der Waals surface area contributed by atoms with Crippen molar-refractivity contribution in [1.82, 2.24) is 0 Å². The van der Waals surface area contributed by atoms with E-state index in [1.807, 2.05) is 12.1 Å². The van der Waals surface area contributed by atoms with Crippen molar-refractivity contribution < 1.29 is 14.3 Å². The molecular weight excluding hydrogens is 260 g/mol. The third-order valence-corrected chi connectivity index (χ3v) is 4.27. The van der Waals surface area contributed by atoms with Crippen LogP contribution in [-0.2, 0) is 6.42 Å². The fourth-order valence-corrected chi connectivity index (χ4v) is 2.93. The summed E-state index contributed by atoms with van der Waals surface area (Å²) in [6.45, 7) is 3.18. The average molecular weight is 274 g/mol. The van der Waals surface area contributed by atoms with Crippen LogP contribution in [-0.4, -0.2) is 19.0 Å². The molecule has 1 aromatic carbocycles. The molecule has 2 heterocycles. The fourth-order valence-electron chi connectivity index (χ4n) is 2.02. The van der Waals surface area contributed by atoms with Gasteiger partial charge in [-0.1, -0.05) is 6.92 Å². The number of thiophene rings is 1. The molecule has 98 valence electrons. The van der Waals surface area contributed by atoms with Crippen LogP contribution in [0.5, 0.6) is 11.5 Å². The van der Waals surface area contributed by atoms with Crippen LogP contribution < -0.4 is 9.47 Å². The van der Waals surface area contributed by atoms with Gasteiger partial charge >= 0.3 is 0 Å². The van der Waals surface area contributed by atoms with Gasteiger partial charge in [0.2, 0.25) is 5.78 Å². The van der Waals surface area contributed by atoms with Crippen molar-refractivity contribution in [3.63, 3.8) is 0 Å². The van der Waals surface area contributed by atoms with Crippen molar-refractivity contribution in [3.8, 4) is 11.5 Å². The van der Waals surface area contributed by atoms with E-state index in [-0.39, 0.29) is 5.78 Å².